The highest BCUT2D eigenvalue weighted by Gasteiger charge is 2.27. The number of hydrogen-bond acceptors (Lipinski definition) is 4. The third-order valence-corrected chi connectivity index (χ3v) is 4.46. The van der Waals surface area contributed by atoms with E-state index in [9.17, 15) is 9.18 Å². The van der Waals surface area contributed by atoms with Gasteiger partial charge in [-0.15, -0.1) is 0 Å². The average Bonchev–Trinajstić information content (AvgIpc) is 2.32. The van der Waals surface area contributed by atoms with Crippen LogP contribution in [0.1, 0.15) is 13.8 Å². The standard InChI is InChI=1S/C14H20FN3OS/c1-14(2)9-18(5-6-20-14)8-13(19)17-12-7-10(15)3-4-11(12)16/h3-4,7H,5-6,8-9,16H2,1-2H3,(H,17,19). The topological polar surface area (TPSA) is 58.4 Å². The highest BCUT2D eigenvalue weighted by molar-refractivity contribution is 8.00. The normalized spacial score (nSPS) is 18.8. The molecular weight excluding hydrogens is 277 g/mol. The maximum Gasteiger partial charge on any atom is 0.238 e. The van der Waals surface area contributed by atoms with Crippen LogP contribution in [-0.2, 0) is 4.79 Å². The number of carbonyl (C=O) groups is 1. The second kappa shape index (κ2) is 6.01. The molecule has 6 heteroatoms. The third-order valence-electron chi connectivity index (χ3n) is 3.16. The lowest BCUT2D eigenvalue weighted by atomic mass is 10.2. The van der Waals surface area contributed by atoms with E-state index in [2.05, 4.69) is 24.1 Å². The van der Waals surface area contributed by atoms with Crippen LogP contribution in [0.25, 0.3) is 0 Å². The molecule has 0 aromatic heterocycles. The maximum atomic E-state index is 13.1. The van der Waals surface area contributed by atoms with Gasteiger partial charge < -0.3 is 11.1 Å². The predicted molar refractivity (Wildman–Crippen MR) is 82.4 cm³/mol. The van der Waals surface area contributed by atoms with Gasteiger partial charge in [0, 0.05) is 23.6 Å². The summed E-state index contributed by atoms with van der Waals surface area (Å²) < 4.78 is 13.3. The number of amides is 1. The van der Waals surface area contributed by atoms with Crippen molar-refractivity contribution in [2.45, 2.75) is 18.6 Å². The molecule has 4 nitrogen and oxygen atoms in total. The Morgan fingerprint density at radius 3 is 3.00 bits per heavy atom. The van der Waals surface area contributed by atoms with E-state index in [-0.39, 0.29) is 10.7 Å². The number of halogens is 1. The summed E-state index contributed by atoms with van der Waals surface area (Å²) in [6.07, 6.45) is 0. The van der Waals surface area contributed by atoms with Gasteiger partial charge in [0.25, 0.3) is 0 Å². The summed E-state index contributed by atoms with van der Waals surface area (Å²) in [4.78, 5) is 14.1. The second-order valence-corrected chi connectivity index (χ2v) is 7.40. The summed E-state index contributed by atoms with van der Waals surface area (Å²) in [5, 5.41) is 2.67. The van der Waals surface area contributed by atoms with Gasteiger partial charge in [-0.1, -0.05) is 0 Å². The molecule has 0 radical (unpaired) electrons. The van der Waals surface area contributed by atoms with Crippen LogP contribution in [-0.4, -0.2) is 40.9 Å². The van der Waals surface area contributed by atoms with E-state index in [4.69, 9.17) is 5.73 Å². The molecule has 1 amide bonds. The number of nitrogen functional groups attached to an aromatic ring is 1. The number of anilines is 2. The van der Waals surface area contributed by atoms with Crippen molar-refractivity contribution in [3.8, 4) is 0 Å². The molecule has 3 N–H and O–H groups in total. The zero-order valence-corrected chi connectivity index (χ0v) is 12.6. The van der Waals surface area contributed by atoms with Gasteiger partial charge in [-0.05, 0) is 32.0 Å². The summed E-state index contributed by atoms with van der Waals surface area (Å²) in [6, 6.07) is 3.96. The molecular formula is C14H20FN3OS. The first-order valence-corrected chi connectivity index (χ1v) is 7.55. The number of hydrogen-bond donors (Lipinski definition) is 2. The predicted octanol–water partition coefficient (Wildman–Crippen LogP) is 2.17. The Balaban J connectivity index is 1.94. The number of carbonyl (C=O) groups excluding carboxylic acids is 1. The van der Waals surface area contributed by atoms with E-state index in [1.807, 2.05) is 11.8 Å². The average molecular weight is 297 g/mol. The number of nitrogens with one attached hydrogen (secondary N) is 1. The van der Waals surface area contributed by atoms with Crippen molar-refractivity contribution in [2.24, 2.45) is 0 Å². The zero-order chi connectivity index (χ0) is 14.8. The van der Waals surface area contributed by atoms with Crippen LogP contribution in [0.15, 0.2) is 18.2 Å². The van der Waals surface area contributed by atoms with Crippen molar-refractivity contribution in [3.63, 3.8) is 0 Å². The summed E-state index contributed by atoms with van der Waals surface area (Å²) in [6.45, 7) is 6.41. The van der Waals surface area contributed by atoms with E-state index in [0.717, 1.165) is 18.8 Å². The van der Waals surface area contributed by atoms with Crippen LogP contribution in [0.5, 0.6) is 0 Å². The van der Waals surface area contributed by atoms with Crippen molar-refractivity contribution in [1.29, 1.82) is 0 Å². The van der Waals surface area contributed by atoms with Gasteiger partial charge in [-0.25, -0.2) is 4.39 Å². The number of benzene rings is 1. The van der Waals surface area contributed by atoms with Crippen molar-refractivity contribution in [1.82, 2.24) is 4.90 Å². The molecule has 0 unspecified atom stereocenters. The van der Waals surface area contributed by atoms with Gasteiger partial charge >= 0.3 is 0 Å². The fourth-order valence-corrected chi connectivity index (χ4v) is 3.45. The lowest BCUT2D eigenvalue weighted by molar-refractivity contribution is -0.117. The number of nitrogens with two attached hydrogens (primary N) is 1. The molecule has 1 aromatic carbocycles. The van der Waals surface area contributed by atoms with Gasteiger partial charge in [-0.2, -0.15) is 11.8 Å². The molecule has 0 bridgehead atoms. The molecule has 0 saturated carbocycles. The Hall–Kier alpha value is -1.27. The zero-order valence-electron chi connectivity index (χ0n) is 11.8. The third kappa shape index (κ3) is 4.11. The first-order valence-electron chi connectivity index (χ1n) is 6.57. The Bertz CT molecular complexity index is 507. The lowest BCUT2D eigenvalue weighted by Crippen LogP contribution is -2.46. The summed E-state index contributed by atoms with van der Waals surface area (Å²) in [5.41, 5.74) is 6.42. The first-order chi connectivity index (χ1) is 9.35. The molecule has 0 atom stereocenters. The van der Waals surface area contributed by atoms with Gasteiger partial charge in [0.15, 0.2) is 0 Å². The Labute approximate surface area is 122 Å². The molecule has 1 aliphatic heterocycles. The van der Waals surface area contributed by atoms with Crippen molar-refractivity contribution in [2.75, 3.05) is 36.4 Å². The second-order valence-electron chi connectivity index (χ2n) is 5.60. The van der Waals surface area contributed by atoms with Gasteiger partial charge in [0.1, 0.15) is 5.82 Å². The van der Waals surface area contributed by atoms with Crippen molar-refractivity contribution < 1.29 is 9.18 Å². The highest BCUT2D eigenvalue weighted by Crippen LogP contribution is 2.29. The summed E-state index contributed by atoms with van der Waals surface area (Å²) >= 11 is 1.92. The van der Waals surface area contributed by atoms with E-state index in [0.29, 0.717) is 17.9 Å². The van der Waals surface area contributed by atoms with Gasteiger partial charge in [-0.3, -0.25) is 9.69 Å². The van der Waals surface area contributed by atoms with Gasteiger partial charge in [0.05, 0.1) is 17.9 Å². The molecule has 0 aliphatic carbocycles. The lowest BCUT2D eigenvalue weighted by Gasteiger charge is -2.37. The molecule has 1 heterocycles. The summed E-state index contributed by atoms with van der Waals surface area (Å²) in [7, 11) is 0. The smallest absolute Gasteiger partial charge is 0.238 e. The SMILES string of the molecule is CC1(C)CN(CC(=O)Nc2cc(F)ccc2N)CCS1. The minimum atomic E-state index is -0.412. The largest absolute Gasteiger partial charge is 0.397 e. The van der Waals surface area contributed by atoms with Crippen LogP contribution < -0.4 is 11.1 Å². The van der Waals surface area contributed by atoms with Crippen LogP contribution in [0.4, 0.5) is 15.8 Å². The minimum absolute atomic E-state index is 0.162. The Morgan fingerprint density at radius 2 is 2.30 bits per heavy atom. The maximum absolute atomic E-state index is 13.1. The first kappa shape index (κ1) is 15.1. The summed E-state index contributed by atoms with van der Waals surface area (Å²) in [5.74, 6) is 0.442. The molecule has 1 saturated heterocycles. The van der Waals surface area contributed by atoms with Crippen LogP contribution in [0.3, 0.4) is 0 Å². The van der Waals surface area contributed by atoms with Crippen molar-refractivity contribution in [3.05, 3.63) is 24.0 Å². The molecule has 2 rings (SSSR count). The fraction of sp³-hybridized carbons (Fsp3) is 0.500. The Kier molecular flexibility index (Phi) is 4.55. The fourth-order valence-electron chi connectivity index (χ4n) is 2.28. The van der Waals surface area contributed by atoms with Gasteiger partial charge in [0.2, 0.25) is 5.91 Å². The minimum Gasteiger partial charge on any atom is -0.397 e. The molecule has 110 valence electrons. The quantitative estimate of drug-likeness (QED) is 0.840. The molecule has 1 aliphatic rings. The van der Waals surface area contributed by atoms with Crippen LogP contribution >= 0.6 is 11.8 Å². The van der Waals surface area contributed by atoms with Crippen molar-refractivity contribution >= 4 is 29.0 Å². The number of nitrogens with zero attached hydrogens (tertiary/aromatic N) is 1. The van der Waals surface area contributed by atoms with E-state index < -0.39 is 5.82 Å². The van der Waals surface area contributed by atoms with E-state index >= 15 is 0 Å². The molecule has 1 aromatic rings. The monoisotopic (exact) mass is 297 g/mol. The molecule has 20 heavy (non-hydrogen) atoms. The number of rotatable bonds is 3. The number of thioether (sulfide) groups is 1. The Morgan fingerprint density at radius 1 is 1.55 bits per heavy atom. The van der Waals surface area contributed by atoms with E-state index in [1.54, 1.807) is 0 Å². The molecule has 0 spiro atoms. The van der Waals surface area contributed by atoms with Crippen LogP contribution in [0.2, 0.25) is 0 Å². The molecule has 1 fully saturated rings. The van der Waals surface area contributed by atoms with Crippen LogP contribution in [0, 0.1) is 5.82 Å². The van der Waals surface area contributed by atoms with E-state index in [1.165, 1.54) is 18.2 Å². The highest BCUT2D eigenvalue weighted by atomic mass is 32.2.